The van der Waals surface area contributed by atoms with E-state index in [-0.39, 0.29) is 0 Å². The molecule has 0 bridgehead atoms. The third kappa shape index (κ3) is 10.9. The van der Waals surface area contributed by atoms with Gasteiger partial charge in [-0.15, -0.1) is 0 Å². The summed E-state index contributed by atoms with van der Waals surface area (Å²) in [6, 6.07) is 147. The minimum absolute atomic E-state index is 0.541. The number of hydrogen-bond acceptors (Lipinski definition) is 8. The zero-order valence-electron chi connectivity index (χ0n) is 69.5. The van der Waals surface area contributed by atoms with E-state index in [1.165, 1.54) is 26.9 Å². The lowest BCUT2D eigenvalue weighted by Crippen LogP contribution is -2.01. The summed E-state index contributed by atoms with van der Waals surface area (Å²) in [5.41, 5.74) is 23.5. The van der Waals surface area contributed by atoms with Crippen LogP contribution in [0.2, 0.25) is 0 Å². The van der Waals surface area contributed by atoms with E-state index in [9.17, 15) is 0 Å². The number of nitrogens with zero attached hydrogens (tertiary/aromatic N) is 10. The molecular weight excluding hydrogens is 1590 g/mol. The Morgan fingerprint density at radius 3 is 1.12 bits per heavy atom. The van der Waals surface area contributed by atoms with Crippen LogP contribution < -0.4 is 0 Å². The van der Waals surface area contributed by atoms with Crippen molar-refractivity contribution >= 4 is 174 Å². The van der Waals surface area contributed by atoms with Crippen molar-refractivity contribution in [2.24, 2.45) is 0 Å². The second-order valence-corrected chi connectivity index (χ2v) is 34.0. The summed E-state index contributed by atoms with van der Waals surface area (Å²) in [5, 5.41) is 21.9. The van der Waals surface area contributed by atoms with Gasteiger partial charge in [0.25, 0.3) is 0 Å². The number of para-hydroxylation sites is 5. The summed E-state index contributed by atoms with van der Waals surface area (Å²) in [5.74, 6) is 3.36. The van der Waals surface area contributed by atoms with Crippen LogP contribution in [0.1, 0.15) is 0 Å². The Balaban J connectivity index is 0.572. The second-order valence-electron chi connectivity index (χ2n) is 34.0. The fraction of sp³-hybridized carbons (Fsp3) is 0. The minimum atomic E-state index is 0.541. The fourth-order valence-corrected chi connectivity index (χ4v) is 20.8. The Labute approximate surface area is 741 Å². The van der Waals surface area contributed by atoms with E-state index in [1.807, 2.05) is 42.5 Å². The van der Waals surface area contributed by atoms with E-state index in [0.29, 0.717) is 34.9 Å². The molecule has 20 aromatic carbocycles. The molecule has 0 radical (unpaired) electrons. The van der Waals surface area contributed by atoms with Gasteiger partial charge in [-0.1, -0.05) is 279 Å². The van der Waals surface area contributed by atoms with Crippen molar-refractivity contribution in [1.82, 2.24) is 48.2 Å². The molecule has 0 N–H and O–H groups in total. The number of aromatic nitrogens is 10. The van der Waals surface area contributed by atoms with Crippen molar-refractivity contribution < 1.29 is 8.83 Å². The third-order valence-electron chi connectivity index (χ3n) is 26.7. The fourth-order valence-electron chi connectivity index (χ4n) is 20.8. The van der Waals surface area contributed by atoms with Crippen molar-refractivity contribution in [2.75, 3.05) is 0 Å². The highest BCUT2D eigenvalue weighted by Crippen LogP contribution is 2.49. The van der Waals surface area contributed by atoms with E-state index >= 15 is 0 Å². The lowest BCUT2D eigenvalue weighted by molar-refractivity contribution is 0.672. The van der Waals surface area contributed by atoms with E-state index in [0.717, 1.165) is 215 Å². The molecule has 0 amide bonds. The van der Waals surface area contributed by atoms with Crippen molar-refractivity contribution in [2.45, 2.75) is 0 Å². The first-order valence-electron chi connectivity index (χ1n) is 43.9. The summed E-state index contributed by atoms with van der Waals surface area (Å²) >= 11 is 0. The molecule has 8 aromatic heterocycles. The van der Waals surface area contributed by atoms with Crippen molar-refractivity contribution in [3.8, 4) is 102 Å². The molecule has 0 aliphatic rings. The molecule has 12 nitrogen and oxygen atoms in total. The standard InChI is InChI=1S/C118H68N10O2/c1-5-26-69(27-6-1)113-119-115(76-53-57-108-95(62-76)96-67-106(83-37-15-17-41-89(83)111(96)129-108)127-99-45-23-20-39-85(99)93-59-71-30-13-14-31-72(71)63-104(93)127)122-116(120-113)77-51-55-88-92-60-74(52-56-101(92)126(103(88)65-77)81-34-11-4-12-35-81)73-48-49-75-61-94-86-40-21-24-46-100(86)128(105(94)66-79(75)58-73)107-68-97-110-91(43-25-47-109(110)130-112(97)90-42-18-16-38-84(90)107)118-123-114(70-28-7-2-8-29-70)121-117(124-118)78-50-54-87-82-36-19-22-44-98(82)125(102(87)64-78)80-32-9-3-10-33-80/h1-68H. The number of furan rings is 2. The van der Waals surface area contributed by atoms with Crippen molar-refractivity contribution in [3.63, 3.8) is 0 Å². The van der Waals surface area contributed by atoms with Gasteiger partial charge in [-0.2, -0.15) is 0 Å². The minimum Gasteiger partial charge on any atom is -0.455 e. The lowest BCUT2D eigenvalue weighted by atomic mass is 9.98. The molecule has 0 atom stereocenters. The number of hydrogen-bond donors (Lipinski definition) is 0. The molecule has 130 heavy (non-hydrogen) atoms. The van der Waals surface area contributed by atoms with Gasteiger partial charge in [0.2, 0.25) is 0 Å². The molecule has 602 valence electrons. The van der Waals surface area contributed by atoms with Crippen LogP contribution >= 0.6 is 0 Å². The van der Waals surface area contributed by atoms with Crippen molar-refractivity contribution in [3.05, 3.63) is 413 Å². The summed E-state index contributed by atoms with van der Waals surface area (Å²) in [6.45, 7) is 0. The Morgan fingerprint density at radius 2 is 0.538 bits per heavy atom. The van der Waals surface area contributed by atoms with Gasteiger partial charge in [0.1, 0.15) is 22.3 Å². The molecule has 28 rings (SSSR count). The molecule has 0 saturated heterocycles. The molecular formula is C118H68N10O2. The van der Waals surface area contributed by atoms with Gasteiger partial charge in [-0.3, -0.25) is 0 Å². The molecule has 28 aromatic rings. The normalized spacial score (nSPS) is 12.2. The highest BCUT2D eigenvalue weighted by Gasteiger charge is 2.28. The first-order valence-corrected chi connectivity index (χ1v) is 43.9. The third-order valence-corrected chi connectivity index (χ3v) is 26.7. The average Bonchev–Trinajstić information content (AvgIpc) is 1.55. The smallest absolute Gasteiger partial charge is 0.164 e. The summed E-state index contributed by atoms with van der Waals surface area (Å²) in [7, 11) is 0. The van der Waals surface area contributed by atoms with E-state index in [1.54, 1.807) is 0 Å². The highest BCUT2D eigenvalue weighted by molar-refractivity contribution is 6.25. The Kier molecular flexibility index (Phi) is 15.4. The zero-order chi connectivity index (χ0) is 84.9. The molecule has 12 heteroatoms. The van der Waals surface area contributed by atoms with E-state index in [2.05, 4.69) is 388 Å². The van der Waals surface area contributed by atoms with Gasteiger partial charge >= 0.3 is 0 Å². The van der Waals surface area contributed by atoms with Crippen LogP contribution in [-0.4, -0.2) is 48.2 Å². The van der Waals surface area contributed by atoms with Crippen LogP contribution in [0.4, 0.5) is 0 Å². The topological polar surface area (TPSA) is 123 Å². The number of benzene rings is 20. The lowest BCUT2D eigenvalue weighted by Gasteiger charge is -2.13. The first kappa shape index (κ1) is 71.7. The molecule has 8 heterocycles. The molecule has 0 aliphatic heterocycles. The maximum absolute atomic E-state index is 7.14. The Bertz CT molecular complexity index is 9700. The maximum atomic E-state index is 7.14. The predicted molar refractivity (Wildman–Crippen MR) is 533 cm³/mol. The molecule has 0 saturated carbocycles. The van der Waals surface area contributed by atoms with Gasteiger partial charge in [-0.05, 0) is 166 Å². The summed E-state index contributed by atoms with van der Waals surface area (Å²) < 4.78 is 23.7. The SMILES string of the molecule is c1ccc(-c2nc(-c3ccc4oc5c6ccccc6c(-n6c7ccccc7c7cc8ccccc8cc76)cc5c4c3)nc(-c3ccc4c5cc(-c6ccc7cc8c9ccccc9n(-c9cc%10c(oc%11cccc(-c%12nc(-c%13ccccc%13)nc(-c%13ccc%14c%15ccccc%15n(-c%15ccccc%15)c%14c%13)n%12)c%11%10)c%10ccccc9%10)c8cc7c6)ccc5n(-c5ccccc5)c4c3)n2)cc1. The van der Waals surface area contributed by atoms with Crippen LogP contribution in [0.25, 0.3) is 276 Å². The van der Waals surface area contributed by atoms with E-state index < -0.39 is 0 Å². The van der Waals surface area contributed by atoms with Gasteiger partial charge in [0.15, 0.2) is 34.9 Å². The van der Waals surface area contributed by atoms with Crippen molar-refractivity contribution in [1.29, 1.82) is 0 Å². The molecule has 0 fully saturated rings. The zero-order valence-corrected chi connectivity index (χ0v) is 69.5. The van der Waals surface area contributed by atoms with Crippen LogP contribution in [0.15, 0.2) is 421 Å². The quantitative estimate of drug-likeness (QED) is 0.125. The summed E-state index contributed by atoms with van der Waals surface area (Å²) in [6.07, 6.45) is 0. The van der Waals surface area contributed by atoms with Gasteiger partial charge in [0.05, 0.1) is 55.5 Å². The maximum Gasteiger partial charge on any atom is 0.164 e. The largest absolute Gasteiger partial charge is 0.455 e. The van der Waals surface area contributed by atoms with Gasteiger partial charge in [0, 0.05) is 131 Å². The average molecular weight is 1660 g/mol. The molecule has 0 spiro atoms. The van der Waals surface area contributed by atoms with Crippen LogP contribution in [0.3, 0.4) is 0 Å². The van der Waals surface area contributed by atoms with Gasteiger partial charge < -0.3 is 27.1 Å². The first-order chi connectivity index (χ1) is 64.4. The highest BCUT2D eigenvalue weighted by atomic mass is 16.3. The van der Waals surface area contributed by atoms with Gasteiger partial charge in [-0.25, -0.2) is 29.9 Å². The molecule has 0 aliphatic carbocycles. The number of rotatable bonds is 11. The Morgan fingerprint density at radius 1 is 0.169 bits per heavy atom. The monoisotopic (exact) mass is 1660 g/mol. The summed E-state index contributed by atoms with van der Waals surface area (Å²) in [4.78, 5) is 32.4. The predicted octanol–water partition coefficient (Wildman–Crippen LogP) is 30.5. The van der Waals surface area contributed by atoms with E-state index in [4.69, 9.17) is 38.7 Å². The number of fused-ring (bicyclic) bond motifs is 24. The van der Waals surface area contributed by atoms with Crippen LogP contribution in [-0.2, 0) is 0 Å². The van der Waals surface area contributed by atoms with Crippen LogP contribution in [0, 0.1) is 0 Å². The Hall–Kier alpha value is -17.7. The van der Waals surface area contributed by atoms with Crippen LogP contribution in [0.5, 0.6) is 0 Å². The molecule has 0 unspecified atom stereocenters. The second kappa shape index (κ2) is 27.9.